The molecular weight excluding hydrogens is 214 g/mol. The summed E-state index contributed by atoms with van der Waals surface area (Å²) in [6, 6.07) is 8.30. The van der Waals surface area contributed by atoms with Crippen LogP contribution in [0.5, 0.6) is 0 Å². The highest BCUT2D eigenvalue weighted by Gasteiger charge is 2.17. The third kappa shape index (κ3) is 3.84. The van der Waals surface area contributed by atoms with Crippen molar-refractivity contribution in [1.29, 1.82) is 0 Å². The normalized spacial score (nSPS) is 12.5. The Bertz CT molecular complexity index is 379. The number of nitrogens with two attached hydrogens (primary N) is 1. The highest BCUT2D eigenvalue weighted by atomic mass is 16.1. The summed E-state index contributed by atoms with van der Waals surface area (Å²) in [5, 5.41) is 2.62. The smallest absolute Gasteiger partial charge is 0.233 e. The van der Waals surface area contributed by atoms with Gasteiger partial charge in [-0.3, -0.25) is 9.69 Å². The molecule has 1 atom stereocenters. The Hall–Kier alpha value is -1.39. The van der Waals surface area contributed by atoms with E-state index < -0.39 is 0 Å². The number of rotatable bonds is 5. The van der Waals surface area contributed by atoms with Crippen LogP contribution in [-0.4, -0.2) is 38.0 Å². The SMILES string of the molecule is CNC(=O)CN(C)C(CN)c1cccc(C)c1. The van der Waals surface area contributed by atoms with Gasteiger partial charge in [0.15, 0.2) is 0 Å². The van der Waals surface area contributed by atoms with E-state index in [9.17, 15) is 4.79 Å². The molecule has 0 fully saturated rings. The first-order valence-electron chi connectivity index (χ1n) is 5.76. The Kier molecular flexibility index (Phi) is 5.12. The van der Waals surface area contributed by atoms with E-state index in [2.05, 4.69) is 24.4 Å². The van der Waals surface area contributed by atoms with Crippen molar-refractivity contribution < 1.29 is 4.79 Å². The molecule has 0 heterocycles. The molecule has 4 heteroatoms. The second-order valence-corrected chi connectivity index (χ2v) is 4.25. The lowest BCUT2D eigenvalue weighted by Crippen LogP contribution is -2.38. The summed E-state index contributed by atoms with van der Waals surface area (Å²) < 4.78 is 0. The first kappa shape index (κ1) is 13.7. The Morgan fingerprint density at radius 2 is 2.24 bits per heavy atom. The molecule has 3 N–H and O–H groups in total. The molecule has 0 saturated carbocycles. The minimum absolute atomic E-state index is 0.00129. The molecule has 0 bridgehead atoms. The summed E-state index contributed by atoms with van der Waals surface area (Å²) in [5.74, 6) is -0.00129. The molecule has 0 aromatic heterocycles. The van der Waals surface area contributed by atoms with Gasteiger partial charge in [0.25, 0.3) is 0 Å². The highest BCUT2D eigenvalue weighted by molar-refractivity contribution is 5.77. The van der Waals surface area contributed by atoms with E-state index in [4.69, 9.17) is 5.73 Å². The van der Waals surface area contributed by atoms with Crippen LogP contribution in [0.15, 0.2) is 24.3 Å². The maximum atomic E-state index is 11.3. The topological polar surface area (TPSA) is 58.4 Å². The first-order valence-corrected chi connectivity index (χ1v) is 5.76. The summed E-state index contributed by atoms with van der Waals surface area (Å²) in [6.45, 7) is 2.90. The molecule has 1 aromatic rings. The number of likely N-dealkylation sites (N-methyl/N-ethyl adjacent to an activating group) is 2. The minimum atomic E-state index is -0.00129. The van der Waals surface area contributed by atoms with Crippen molar-refractivity contribution in [3.05, 3.63) is 35.4 Å². The van der Waals surface area contributed by atoms with E-state index in [1.54, 1.807) is 7.05 Å². The zero-order valence-electron chi connectivity index (χ0n) is 10.7. The second-order valence-electron chi connectivity index (χ2n) is 4.25. The molecule has 0 aliphatic heterocycles. The molecule has 0 saturated heterocycles. The molecule has 1 unspecified atom stereocenters. The van der Waals surface area contributed by atoms with E-state index in [1.165, 1.54) is 5.56 Å². The first-order chi connectivity index (χ1) is 8.08. The van der Waals surface area contributed by atoms with Crippen LogP contribution >= 0.6 is 0 Å². The fourth-order valence-corrected chi connectivity index (χ4v) is 1.86. The van der Waals surface area contributed by atoms with Crippen LogP contribution in [0.25, 0.3) is 0 Å². The number of hydrogen-bond donors (Lipinski definition) is 2. The van der Waals surface area contributed by atoms with E-state index >= 15 is 0 Å². The molecule has 4 nitrogen and oxygen atoms in total. The average molecular weight is 235 g/mol. The van der Waals surface area contributed by atoms with Crippen LogP contribution in [0, 0.1) is 6.92 Å². The van der Waals surface area contributed by atoms with Crippen LogP contribution in [0.4, 0.5) is 0 Å². The molecule has 1 rings (SSSR count). The summed E-state index contributed by atoms with van der Waals surface area (Å²) in [4.78, 5) is 13.3. The molecule has 94 valence electrons. The van der Waals surface area contributed by atoms with Gasteiger partial charge in [-0.1, -0.05) is 29.8 Å². The van der Waals surface area contributed by atoms with Gasteiger partial charge < -0.3 is 11.1 Å². The van der Waals surface area contributed by atoms with E-state index in [1.807, 2.05) is 24.1 Å². The van der Waals surface area contributed by atoms with Gasteiger partial charge in [-0.2, -0.15) is 0 Å². The number of hydrogen-bond acceptors (Lipinski definition) is 3. The second kappa shape index (κ2) is 6.37. The minimum Gasteiger partial charge on any atom is -0.358 e. The standard InChI is InChI=1S/C13H21N3O/c1-10-5-4-6-11(7-10)12(8-14)16(3)9-13(17)15-2/h4-7,12H,8-9,14H2,1-3H3,(H,15,17). The van der Waals surface area contributed by atoms with E-state index in [0.717, 1.165) is 5.56 Å². The maximum absolute atomic E-state index is 11.3. The Labute approximate surface area is 103 Å². The molecule has 0 spiro atoms. The van der Waals surface area contributed by atoms with E-state index in [-0.39, 0.29) is 11.9 Å². The Balaban J connectivity index is 2.80. The van der Waals surface area contributed by atoms with Gasteiger partial charge in [-0.15, -0.1) is 0 Å². The summed E-state index contributed by atoms with van der Waals surface area (Å²) >= 11 is 0. The van der Waals surface area contributed by atoms with Gasteiger partial charge in [-0.25, -0.2) is 0 Å². The summed E-state index contributed by atoms with van der Waals surface area (Å²) in [5.41, 5.74) is 8.15. The molecule has 17 heavy (non-hydrogen) atoms. The number of nitrogens with zero attached hydrogens (tertiary/aromatic N) is 1. The molecular formula is C13H21N3O. The lowest BCUT2D eigenvalue weighted by molar-refractivity contribution is -0.121. The lowest BCUT2D eigenvalue weighted by Gasteiger charge is -2.26. The molecule has 1 aromatic carbocycles. The zero-order chi connectivity index (χ0) is 12.8. The van der Waals surface area contributed by atoms with Crippen LogP contribution in [0.2, 0.25) is 0 Å². The molecule has 0 radical (unpaired) electrons. The molecule has 1 amide bonds. The van der Waals surface area contributed by atoms with Crippen molar-refractivity contribution in [2.45, 2.75) is 13.0 Å². The maximum Gasteiger partial charge on any atom is 0.233 e. The fourth-order valence-electron chi connectivity index (χ4n) is 1.86. The van der Waals surface area contributed by atoms with Gasteiger partial charge in [-0.05, 0) is 19.5 Å². The highest BCUT2D eigenvalue weighted by Crippen LogP contribution is 2.18. The van der Waals surface area contributed by atoms with Gasteiger partial charge >= 0.3 is 0 Å². The molecule has 0 aliphatic rings. The van der Waals surface area contributed by atoms with Crippen LogP contribution < -0.4 is 11.1 Å². The summed E-state index contributed by atoms with van der Waals surface area (Å²) in [6.07, 6.45) is 0. The van der Waals surface area contributed by atoms with Crippen molar-refractivity contribution in [3.8, 4) is 0 Å². The van der Waals surface area contributed by atoms with Crippen molar-refractivity contribution in [2.24, 2.45) is 5.73 Å². The third-order valence-electron chi connectivity index (χ3n) is 2.85. The Morgan fingerprint density at radius 1 is 1.53 bits per heavy atom. The zero-order valence-corrected chi connectivity index (χ0v) is 10.7. The quantitative estimate of drug-likeness (QED) is 0.789. The number of amides is 1. The molecule has 0 aliphatic carbocycles. The summed E-state index contributed by atoms with van der Waals surface area (Å²) in [7, 11) is 3.55. The third-order valence-corrected chi connectivity index (χ3v) is 2.85. The van der Waals surface area contributed by atoms with Crippen LogP contribution in [-0.2, 0) is 4.79 Å². The number of carbonyl (C=O) groups is 1. The van der Waals surface area contributed by atoms with Crippen LogP contribution in [0.1, 0.15) is 17.2 Å². The lowest BCUT2D eigenvalue weighted by atomic mass is 10.0. The predicted octanol–water partition coefficient (Wildman–Crippen LogP) is 0.673. The fraction of sp³-hybridized carbons (Fsp3) is 0.462. The van der Waals surface area contributed by atoms with Gasteiger partial charge in [0.1, 0.15) is 0 Å². The number of benzene rings is 1. The predicted molar refractivity (Wildman–Crippen MR) is 69.7 cm³/mol. The van der Waals surface area contributed by atoms with Crippen molar-refractivity contribution in [1.82, 2.24) is 10.2 Å². The Morgan fingerprint density at radius 3 is 2.76 bits per heavy atom. The van der Waals surface area contributed by atoms with Crippen LogP contribution in [0.3, 0.4) is 0 Å². The largest absolute Gasteiger partial charge is 0.358 e. The monoisotopic (exact) mass is 235 g/mol. The van der Waals surface area contributed by atoms with Crippen molar-refractivity contribution in [3.63, 3.8) is 0 Å². The number of nitrogens with one attached hydrogen (secondary N) is 1. The van der Waals surface area contributed by atoms with Gasteiger partial charge in [0.2, 0.25) is 5.91 Å². The van der Waals surface area contributed by atoms with Gasteiger partial charge in [0.05, 0.1) is 6.54 Å². The van der Waals surface area contributed by atoms with E-state index in [0.29, 0.717) is 13.1 Å². The number of aryl methyl sites for hydroxylation is 1. The number of carbonyl (C=O) groups excluding carboxylic acids is 1. The average Bonchev–Trinajstić information content (AvgIpc) is 2.30. The van der Waals surface area contributed by atoms with Crippen molar-refractivity contribution in [2.75, 3.05) is 27.2 Å². The van der Waals surface area contributed by atoms with Crippen molar-refractivity contribution >= 4 is 5.91 Å². The van der Waals surface area contributed by atoms with Gasteiger partial charge in [0, 0.05) is 19.6 Å².